The third-order valence-corrected chi connectivity index (χ3v) is 5.44. The molecule has 2 unspecified atom stereocenters. The number of nitrogens with zero attached hydrogens (tertiary/aromatic N) is 4. The normalized spacial score (nSPS) is 24.2. The Bertz CT molecular complexity index is 600. The van der Waals surface area contributed by atoms with E-state index >= 15 is 0 Å². The molecule has 0 amide bonds. The van der Waals surface area contributed by atoms with Crippen molar-refractivity contribution in [3.05, 3.63) is 11.8 Å². The minimum atomic E-state index is -1.17. The molecule has 0 aliphatic carbocycles. The largest absolute Gasteiger partial charge is 0.354 e. The summed E-state index contributed by atoms with van der Waals surface area (Å²) in [6.07, 6.45) is 7.62. The maximum absolute atomic E-state index is 13.8. The van der Waals surface area contributed by atoms with Crippen LogP contribution >= 0.6 is 0 Å². The van der Waals surface area contributed by atoms with Crippen LogP contribution in [0.1, 0.15) is 65.0 Å². The van der Waals surface area contributed by atoms with Gasteiger partial charge in [0.1, 0.15) is 11.5 Å². The fraction of sp³-hybridized carbons (Fsp3) is 0.789. The van der Waals surface area contributed by atoms with Crippen molar-refractivity contribution in [3.63, 3.8) is 0 Å². The monoisotopic (exact) mass is 349 g/mol. The molecule has 1 N–H and O–H groups in total. The molecule has 6 heteroatoms. The highest BCUT2D eigenvalue weighted by atomic mass is 19.1. The fourth-order valence-corrected chi connectivity index (χ4v) is 4.23. The van der Waals surface area contributed by atoms with Crippen molar-refractivity contribution in [2.45, 2.75) is 90.1 Å². The number of aliphatic imine (C=N–C) groups is 1. The van der Waals surface area contributed by atoms with Gasteiger partial charge in [0.15, 0.2) is 5.82 Å². The van der Waals surface area contributed by atoms with Crippen molar-refractivity contribution in [3.8, 4) is 0 Å². The van der Waals surface area contributed by atoms with Gasteiger partial charge in [0, 0.05) is 18.2 Å². The van der Waals surface area contributed by atoms with Gasteiger partial charge in [-0.1, -0.05) is 0 Å². The number of hydrogen-bond acceptors (Lipinski definition) is 3. The Morgan fingerprint density at radius 1 is 1.32 bits per heavy atom. The van der Waals surface area contributed by atoms with Gasteiger partial charge in [-0.2, -0.15) is 5.10 Å². The molecule has 3 rings (SSSR count). The number of aromatic nitrogens is 2. The lowest BCUT2D eigenvalue weighted by molar-refractivity contribution is 0.201. The molecule has 2 saturated heterocycles. The standard InChI is InChI=1S/C19H32FN5/c1-14(25-16-6-5-7-17(25)9-8-16)22-18-12-15(10-11-19(2,3)20)23-24(18)13-21-4/h12,16-17,21H,5-11,13H2,1-4H3. The molecule has 0 spiro atoms. The molecule has 2 fully saturated rings. The lowest BCUT2D eigenvalue weighted by atomic mass is 10.0. The van der Waals surface area contributed by atoms with Crippen LogP contribution in [-0.4, -0.2) is 45.3 Å². The lowest BCUT2D eigenvalue weighted by Gasteiger charge is -2.36. The number of piperidine rings is 1. The highest BCUT2D eigenvalue weighted by molar-refractivity contribution is 5.83. The van der Waals surface area contributed by atoms with E-state index in [1.165, 1.54) is 32.1 Å². The van der Waals surface area contributed by atoms with Crippen LogP contribution < -0.4 is 5.32 Å². The van der Waals surface area contributed by atoms with E-state index < -0.39 is 5.67 Å². The zero-order valence-corrected chi connectivity index (χ0v) is 16.1. The van der Waals surface area contributed by atoms with Gasteiger partial charge in [-0.15, -0.1) is 0 Å². The molecule has 1 aromatic heterocycles. The number of hydrogen-bond donors (Lipinski definition) is 1. The number of halogens is 1. The Morgan fingerprint density at radius 2 is 2.00 bits per heavy atom. The molecule has 5 nitrogen and oxygen atoms in total. The van der Waals surface area contributed by atoms with Crippen LogP contribution in [0.4, 0.5) is 10.2 Å². The Kier molecular flexibility index (Phi) is 5.46. The first-order chi connectivity index (χ1) is 11.9. The van der Waals surface area contributed by atoms with Gasteiger partial charge in [0.2, 0.25) is 0 Å². The van der Waals surface area contributed by atoms with Crippen molar-refractivity contribution in [1.29, 1.82) is 0 Å². The summed E-state index contributed by atoms with van der Waals surface area (Å²) in [5, 5.41) is 7.75. The topological polar surface area (TPSA) is 45.5 Å². The minimum absolute atomic E-state index is 0.474. The molecule has 25 heavy (non-hydrogen) atoms. The molecule has 2 atom stereocenters. The minimum Gasteiger partial charge on any atom is -0.354 e. The van der Waals surface area contributed by atoms with Crippen molar-refractivity contribution in [2.75, 3.05) is 7.05 Å². The Morgan fingerprint density at radius 3 is 2.60 bits per heavy atom. The third-order valence-electron chi connectivity index (χ3n) is 5.44. The summed E-state index contributed by atoms with van der Waals surface area (Å²) in [5.41, 5.74) is -0.256. The van der Waals surface area contributed by atoms with E-state index in [2.05, 4.69) is 22.2 Å². The first-order valence-corrected chi connectivity index (χ1v) is 9.61. The first-order valence-electron chi connectivity index (χ1n) is 9.61. The SMILES string of the molecule is CNCn1nc(CCC(C)(C)F)cc1N=C(C)N1C2CCCC1CC2. The summed E-state index contributed by atoms with van der Waals surface area (Å²) >= 11 is 0. The number of fused-ring (bicyclic) bond motifs is 2. The van der Waals surface area contributed by atoms with Crippen LogP contribution in [0.25, 0.3) is 0 Å². The number of aryl methyl sites for hydroxylation is 1. The van der Waals surface area contributed by atoms with E-state index in [1.807, 2.05) is 17.8 Å². The van der Waals surface area contributed by atoms with Crippen LogP contribution in [0.3, 0.4) is 0 Å². The molecule has 2 aliphatic heterocycles. The summed E-state index contributed by atoms with van der Waals surface area (Å²) in [6.45, 7) is 5.97. The second-order valence-electron chi connectivity index (χ2n) is 8.11. The molecule has 0 radical (unpaired) electrons. The highest BCUT2D eigenvalue weighted by Crippen LogP contribution is 2.36. The fourth-order valence-electron chi connectivity index (χ4n) is 4.23. The van der Waals surface area contributed by atoms with E-state index in [0.29, 0.717) is 31.6 Å². The van der Waals surface area contributed by atoms with Gasteiger partial charge in [-0.25, -0.2) is 14.1 Å². The lowest BCUT2D eigenvalue weighted by Crippen LogP contribution is -2.42. The maximum atomic E-state index is 13.8. The second-order valence-corrected chi connectivity index (χ2v) is 8.11. The molecule has 0 aromatic carbocycles. The maximum Gasteiger partial charge on any atom is 0.154 e. The Balaban J connectivity index is 1.79. The quantitative estimate of drug-likeness (QED) is 0.627. The zero-order valence-electron chi connectivity index (χ0n) is 16.1. The van der Waals surface area contributed by atoms with Crippen molar-refractivity contribution in [1.82, 2.24) is 20.0 Å². The average Bonchev–Trinajstić information content (AvgIpc) is 3.03. The van der Waals surface area contributed by atoms with Crippen LogP contribution in [0, 0.1) is 0 Å². The molecular weight excluding hydrogens is 317 g/mol. The zero-order chi connectivity index (χ0) is 18.0. The molecule has 3 heterocycles. The van der Waals surface area contributed by atoms with Gasteiger partial charge >= 0.3 is 0 Å². The van der Waals surface area contributed by atoms with E-state index in [9.17, 15) is 4.39 Å². The number of nitrogens with one attached hydrogen (secondary N) is 1. The summed E-state index contributed by atoms with van der Waals surface area (Å²) in [5.74, 6) is 1.96. The van der Waals surface area contributed by atoms with Crippen molar-refractivity contribution in [2.24, 2.45) is 4.99 Å². The first kappa shape index (κ1) is 18.4. The van der Waals surface area contributed by atoms with Crippen LogP contribution in [0.2, 0.25) is 0 Å². The highest BCUT2D eigenvalue weighted by Gasteiger charge is 2.37. The summed E-state index contributed by atoms with van der Waals surface area (Å²) in [4.78, 5) is 7.45. The van der Waals surface area contributed by atoms with Gasteiger partial charge < -0.3 is 10.2 Å². The number of rotatable bonds is 6. The molecule has 0 saturated carbocycles. The van der Waals surface area contributed by atoms with Crippen LogP contribution in [0.5, 0.6) is 0 Å². The summed E-state index contributed by atoms with van der Waals surface area (Å²) in [6, 6.07) is 3.34. The van der Waals surface area contributed by atoms with E-state index in [0.717, 1.165) is 17.3 Å². The summed E-state index contributed by atoms with van der Waals surface area (Å²) in [7, 11) is 1.90. The second kappa shape index (κ2) is 7.44. The van der Waals surface area contributed by atoms with Gasteiger partial charge in [-0.05, 0) is 72.8 Å². The van der Waals surface area contributed by atoms with Crippen LogP contribution in [0.15, 0.2) is 11.1 Å². The van der Waals surface area contributed by atoms with E-state index in [4.69, 9.17) is 4.99 Å². The molecule has 1 aromatic rings. The van der Waals surface area contributed by atoms with Gasteiger partial charge in [0.05, 0.1) is 12.4 Å². The molecule has 2 bridgehead atoms. The predicted molar refractivity (Wildman–Crippen MR) is 100 cm³/mol. The Labute approximate surface area is 150 Å². The van der Waals surface area contributed by atoms with Crippen LogP contribution in [-0.2, 0) is 13.1 Å². The molecular formula is C19H32FN5. The molecule has 140 valence electrons. The average molecular weight is 349 g/mol. The van der Waals surface area contributed by atoms with Gasteiger partial charge in [0.25, 0.3) is 0 Å². The predicted octanol–water partition coefficient (Wildman–Crippen LogP) is 3.81. The van der Waals surface area contributed by atoms with Crippen molar-refractivity contribution >= 4 is 11.7 Å². The van der Waals surface area contributed by atoms with E-state index in [1.54, 1.807) is 13.8 Å². The Hall–Kier alpha value is -1.43. The smallest absolute Gasteiger partial charge is 0.154 e. The number of alkyl halides is 1. The summed E-state index contributed by atoms with van der Waals surface area (Å²) < 4.78 is 15.7. The number of amidine groups is 1. The van der Waals surface area contributed by atoms with E-state index in [-0.39, 0.29) is 0 Å². The molecule has 2 aliphatic rings. The van der Waals surface area contributed by atoms with Crippen molar-refractivity contribution < 1.29 is 4.39 Å². The van der Waals surface area contributed by atoms with Gasteiger partial charge in [-0.3, -0.25) is 0 Å². The third kappa shape index (κ3) is 4.40.